The zero-order valence-electron chi connectivity index (χ0n) is 13.8. The van der Waals surface area contributed by atoms with Crippen LogP contribution >= 0.6 is 0 Å². The molecule has 2 rings (SSSR count). The lowest BCUT2D eigenvalue weighted by molar-refractivity contribution is -0.144. The fourth-order valence-electron chi connectivity index (χ4n) is 3.00. The molecule has 24 heavy (non-hydrogen) atoms. The van der Waals surface area contributed by atoms with Gasteiger partial charge in [-0.15, -0.1) is 0 Å². The summed E-state index contributed by atoms with van der Waals surface area (Å²) in [6, 6.07) is 0. The summed E-state index contributed by atoms with van der Waals surface area (Å²) in [5.74, 6) is -1.19. The van der Waals surface area contributed by atoms with Gasteiger partial charge in [0.2, 0.25) is 15.9 Å². The highest BCUT2D eigenvalue weighted by Gasteiger charge is 2.32. The van der Waals surface area contributed by atoms with E-state index in [0.29, 0.717) is 13.2 Å². The van der Waals surface area contributed by atoms with Gasteiger partial charge in [0, 0.05) is 25.6 Å². The number of hydrogen-bond donors (Lipinski definition) is 1. The van der Waals surface area contributed by atoms with Gasteiger partial charge in [-0.3, -0.25) is 9.59 Å². The van der Waals surface area contributed by atoms with E-state index in [4.69, 9.17) is 9.84 Å². The number of carboxylic acid groups (broad SMARTS) is 1. The lowest BCUT2D eigenvalue weighted by Gasteiger charge is -2.36. The van der Waals surface area contributed by atoms with Gasteiger partial charge >= 0.3 is 5.97 Å². The van der Waals surface area contributed by atoms with Crippen molar-refractivity contribution in [3.05, 3.63) is 12.2 Å². The number of amides is 1. The van der Waals surface area contributed by atoms with E-state index < -0.39 is 28.6 Å². The predicted molar refractivity (Wildman–Crippen MR) is 86.9 cm³/mol. The summed E-state index contributed by atoms with van der Waals surface area (Å²) in [5, 5.41) is 8.87. The number of carboxylic acids is 1. The lowest BCUT2D eigenvalue weighted by Crippen LogP contribution is -2.52. The lowest BCUT2D eigenvalue weighted by atomic mass is 9.93. The maximum Gasteiger partial charge on any atom is 0.318 e. The number of ether oxygens (including phenoxy) is 1. The number of hydrogen-bond acceptors (Lipinski definition) is 5. The Labute approximate surface area is 142 Å². The Bertz CT molecular complexity index is 603. The van der Waals surface area contributed by atoms with Gasteiger partial charge in [-0.1, -0.05) is 12.2 Å². The minimum Gasteiger partial charge on any atom is -0.480 e. The van der Waals surface area contributed by atoms with Crippen molar-refractivity contribution in [2.45, 2.75) is 25.4 Å². The van der Waals surface area contributed by atoms with Gasteiger partial charge in [0.1, 0.15) is 6.54 Å². The number of sulfonamides is 1. The Kier molecular flexibility index (Phi) is 6.36. The molecule has 1 aliphatic carbocycles. The molecule has 1 N–H and O–H groups in total. The van der Waals surface area contributed by atoms with Crippen LogP contribution in [-0.2, 0) is 24.3 Å². The van der Waals surface area contributed by atoms with Gasteiger partial charge in [-0.2, -0.15) is 4.31 Å². The molecule has 0 saturated carbocycles. The highest BCUT2D eigenvalue weighted by molar-refractivity contribution is 7.88. The Morgan fingerprint density at radius 3 is 2.71 bits per heavy atom. The monoisotopic (exact) mass is 360 g/mol. The molecule has 136 valence electrons. The molecule has 2 aliphatic rings. The largest absolute Gasteiger partial charge is 0.480 e. The molecule has 1 saturated heterocycles. The first-order chi connectivity index (χ1) is 11.3. The zero-order valence-corrected chi connectivity index (χ0v) is 14.6. The number of carbonyl (C=O) groups excluding carboxylic acids is 1. The van der Waals surface area contributed by atoms with Gasteiger partial charge < -0.3 is 14.7 Å². The zero-order chi connectivity index (χ0) is 17.7. The molecule has 2 atom stereocenters. The van der Waals surface area contributed by atoms with Gasteiger partial charge in [0.15, 0.2) is 0 Å². The molecule has 0 aromatic carbocycles. The Morgan fingerprint density at radius 2 is 2.12 bits per heavy atom. The van der Waals surface area contributed by atoms with Crippen molar-refractivity contribution in [2.75, 3.05) is 39.0 Å². The molecule has 9 heteroatoms. The van der Waals surface area contributed by atoms with Crippen LogP contribution < -0.4 is 0 Å². The van der Waals surface area contributed by atoms with E-state index in [-0.39, 0.29) is 24.9 Å². The van der Waals surface area contributed by atoms with Crippen LogP contribution in [0.4, 0.5) is 0 Å². The molecule has 2 unspecified atom stereocenters. The molecular weight excluding hydrogens is 336 g/mol. The van der Waals surface area contributed by atoms with Crippen molar-refractivity contribution < 1.29 is 27.9 Å². The molecule has 1 heterocycles. The summed E-state index contributed by atoms with van der Waals surface area (Å²) in [5.41, 5.74) is 0. The van der Waals surface area contributed by atoms with Crippen LogP contribution in [-0.4, -0.2) is 79.8 Å². The molecule has 0 aromatic heterocycles. The van der Waals surface area contributed by atoms with E-state index in [1.54, 1.807) is 4.90 Å². The third-order valence-corrected chi connectivity index (χ3v) is 5.47. The highest BCUT2D eigenvalue weighted by atomic mass is 32.2. The number of nitrogens with zero attached hydrogens (tertiary/aromatic N) is 2. The Balaban J connectivity index is 1.97. The second kappa shape index (κ2) is 8.09. The normalized spacial score (nSPS) is 25.0. The van der Waals surface area contributed by atoms with Crippen molar-refractivity contribution >= 4 is 21.9 Å². The number of rotatable bonds is 6. The van der Waals surface area contributed by atoms with Gasteiger partial charge in [-0.25, -0.2) is 8.42 Å². The summed E-state index contributed by atoms with van der Waals surface area (Å²) in [6.07, 6.45) is 6.99. The fraction of sp³-hybridized carbons (Fsp3) is 0.733. The molecule has 1 aliphatic heterocycles. The second-order valence-corrected chi connectivity index (χ2v) is 8.19. The minimum absolute atomic E-state index is 0.0289. The van der Waals surface area contributed by atoms with Crippen LogP contribution in [0.2, 0.25) is 0 Å². The standard InChI is InChI=1S/C15H24N2O6S/c1-24(21,22)17(11-14(18)19)10-13-9-16(7-8-23-13)15(20)12-5-3-2-4-6-12/h2-3,12-13H,4-11H2,1H3,(H,18,19). The minimum atomic E-state index is -3.66. The third kappa shape index (κ3) is 5.29. The van der Waals surface area contributed by atoms with E-state index in [9.17, 15) is 18.0 Å². The maximum atomic E-state index is 12.6. The topological polar surface area (TPSA) is 104 Å². The van der Waals surface area contributed by atoms with Crippen LogP contribution in [0.25, 0.3) is 0 Å². The molecule has 1 amide bonds. The SMILES string of the molecule is CS(=O)(=O)N(CC(=O)O)CC1CN(C(=O)C2CC=CCC2)CCO1. The molecule has 0 bridgehead atoms. The second-order valence-electron chi connectivity index (χ2n) is 6.21. The van der Waals surface area contributed by atoms with Crippen molar-refractivity contribution in [3.8, 4) is 0 Å². The Hall–Kier alpha value is -1.45. The summed E-state index contributed by atoms with van der Waals surface area (Å²) < 4.78 is 29.9. The average Bonchev–Trinajstić information content (AvgIpc) is 2.53. The molecule has 0 aromatic rings. The van der Waals surface area contributed by atoms with Crippen LogP contribution in [0.5, 0.6) is 0 Å². The van der Waals surface area contributed by atoms with Crippen molar-refractivity contribution in [2.24, 2.45) is 5.92 Å². The van der Waals surface area contributed by atoms with E-state index >= 15 is 0 Å². The van der Waals surface area contributed by atoms with E-state index in [0.717, 1.165) is 29.8 Å². The first-order valence-corrected chi connectivity index (χ1v) is 9.84. The summed E-state index contributed by atoms with van der Waals surface area (Å²) in [4.78, 5) is 25.1. The van der Waals surface area contributed by atoms with Crippen molar-refractivity contribution in [3.63, 3.8) is 0 Å². The average molecular weight is 360 g/mol. The number of aliphatic carboxylic acids is 1. The smallest absolute Gasteiger partial charge is 0.318 e. The third-order valence-electron chi connectivity index (χ3n) is 4.26. The Morgan fingerprint density at radius 1 is 1.38 bits per heavy atom. The van der Waals surface area contributed by atoms with E-state index in [1.807, 2.05) is 6.08 Å². The van der Waals surface area contributed by atoms with Gasteiger partial charge in [0.05, 0.1) is 19.0 Å². The van der Waals surface area contributed by atoms with Crippen molar-refractivity contribution in [1.29, 1.82) is 0 Å². The quantitative estimate of drug-likeness (QED) is 0.664. The molecule has 1 fully saturated rings. The van der Waals surface area contributed by atoms with Crippen LogP contribution in [0, 0.1) is 5.92 Å². The maximum absolute atomic E-state index is 12.6. The van der Waals surface area contributed by atoms with E-state index in [2.05, 4.69) is 6.08 Å². The summed E-state index contributed by atoms with van der Waals surface area (Å²) >= 11 is 0. The van der Waals surface area contributed by atoms with Gasteiger partial charge in [-0.05, 0) is 19.3 Å². The van der Waals surface area contributed by atoms with E-state index in [1.165, 1.54) is 0 Å². The van der Waals surface area contributed by atoms with Crippen LogP contribution in [0.1, 0.15) is 19.3 Å². The molecule has 0 radical (unpaired) electrons. The predicted octanol–water partition coefficient (Wildman–Crippen LogP) is -0.0837. The van der Waals surface area contributed by atoms with Crippen LogP contribution in [0.3, 0.4) is 0 Å². The number of morpholine rings is 1. The van der Waals surface area contributed by atoms with Gasteiger partial charge in [0.25, 0.3) is 0 Å². The first kappa shape index (κ1) is 18.9. The molecule has 8 nitrogen and oxygen atoms in total. The number of carbonyl (C=O) groups is 2. The first-order valence-electron chi connectivity index (χ1n) is 7.99. The summed E-state index contributed by atoms with van der Waals surface area (Å²) in [6.45, 7) is 0.404. The van der Waals surface area contributed by atoms with Crippen LogP contribution in [0.15, 0.2) is 12.2 Å². The fourth-order valence-corrected chi connectivity index (χ4v) is 3.78. The van der Waals surface area contributed by atoms with Crippen molar-refractivity contribution in [1.82, 2.24) is 9.21 Å². The number of allylic oxidation sites excluding steroid dienone is 2. The summed E-state index contributed by atoms with van der Waals surface area (Å²) in [7, 11) is -3.66. The molecular formula is C15H24N2O6S. The highest BCUT2D eigenvalue weighted by Crippen LogP contribution is 2.22. The molecule has 0 spiro atoms.